The second kappa shape index (κ2) is 8.81. The first kappa shape index (κ1) is 14.2. The average Bonchev–Trinajstić information content (AvgIpc) is 2.38. The molecule has 2 rings (SSSR count). The van der Waals surface area contributed by atoms with E-state index in [0.29, 0.717) is 0 Å². The number of benzene rings is 1. The number of rotatable bonds is 0. The summed E-state index contributed by atoms with van der Waals surface area (Å²) in [4.78, 5) is 0. The van der Waals surface area contributed by atoms with E-state index >= 15 is 0 Å². The molecule has 0 bridgehead atoms. The molecule has 0 amide bonds. The fraction of sp³-hybridized carbons (Fsp3) is 0.571. The molecule has 1 aliphatic heterocycles. The van der Waals surface area contributed by atoms with Crippen LogP contribution in [0.2, 0.25) is 21.3 Å². The molecule has 0 fully saturated rings. The molecule has 0 saturated heterocycles. The maximum absolute atomic E-state index is 2.37. The molecule has 0 unspecified atom stereocenters. The van der Waals surface area contributed by atoms with Crippen molar-refractivity contribution in [3.05, 3.63) is 35.4 Å². The SMILES string of the molecule is c1ccc2c(c1)C[Se]CCC[Se]CCC[Se]C2. The average molecular weight is 425 g/mol. The van der Waals surface area contributed by atoms with Crippen LogP contribution < -0.4 is 0 Å². The van der Waals surface area contributed by atoms with Crippen molar-refractivity contribution in [3.8, 4) is 0 Å². The molecule has 0 N–H and O–H groups in total. The molecule has 1 heterocycles. The van der Waals surface area contributed by atoms with Gasteiger partial charge in [0.05, 0.1) is 0 Å². The van der Waals surface area contributed by atoms with Crippen LogP contribution in [-0.4, -0.2) is 44.9 Å². The first-order chi connectivity index (χ1) is 8.47. The number of hydrogen-bond donors (Lipinski definition) is 0. The summed E-state index contributed by atoms with van der Waals surface area (Å²) in [7, 11) is 0. The predicted molar refractivity (Wildman–Crippen MR) is 79.6 cm³/mol. The molecule has 0 aliphatic carbocycles. The van der Waals surface area contributed by atoms with Gasteiger partial charge in [-0.2, -0.15) is 0 Å². The Morgan fingerprint density at radius 1 is 0.647 bits per heavy atom. The van der Waals surface area contributed by atoms with Gasteiger partial charge >= 0.3 is 125 Å². The number of hydrogen-bond acceptors (Lipinski definition) is 0. The van der Waals surface area contributed by atoms with E-state index < -0.39 is 0 Å². The van der Waals surface area contributed by atoms with Crippen molar-refractivity contribution in [2.45, 2.75) is 44.8 Å². The Balaban J connectivity index is 1.95. The summed E-state index contributed by atoms with van der Waals surface area (Å²) in [6, 6.07) is 9.19. The van der Waals surface area contributed by atoms with Gasteiger partial charge in [-0.05, 0) is 0 Å². The van der Waals surface area contributed by atoms with Gasteiger partial charge < -0.3 is 0 Å². The summed E-state index contributed by atoms with van der Waals surface area (Å²) < 4.78 is 0. The zero-order valence-electron chi connectivity index (χ0n) is 10.2. The summed E-state index contributed by atoms with van der Waals surface area (Å²) in [5, 5.41) is 8.87. The molecule has 3 heteroatoms. The molecule has 0 saturated carbocycles. The molecule has 0 atom stereocenters. The molecule has 1 aromatic rings. The molecule has 0 aromatic heterocycles. The van der Waals surface area contributed by atoms with Crippen LogP contribution in [0.25, 0.3) is 0 Å². The summed E-state index contributed by atoms with van der Waals surface area (Å²) >= 11 is 2.67. The van der Waals surface area contributed by atoms with E-state index in [1.54, 1.807) is 21.8 Å². The molecule has 17 heavy (non-hydrogen) atoms. The number of fused-ring (bicyclic) bond motifs is 1. The van der Waals surface area contributed by atoms with Crippen molar-refractivity contribution in [3.63, 3.8) is 0 Å². The van der Waals surface area contributed by atoms with Crippen molar-refractivity contribution in [2.75, 3.05) is 0 Å². The monoisotopic (exact) mass is 428 g/mol. The minimum atomic E-state index is 0.854. The third kappa shape index (κ3) is 5.51. The quantitative estimate of drug-likeness (QED) is 0.560. The van der Waals surface area contributed by atoms with E-state index in [4.69, 9.17) is 0 Å². The predicted octanol–water partition coefficient (Wildman–Crippen LogP) is 3.27. The first-order valence-electron chi connectivity index (χ1n) is 6.27. The van der Waals surface area contributed by atoms with E-state index in [0.717, 1.165) is 44.9 Å². The van der Waals surface area contributed by atoms with Crippen molar-refractivity contribution < 1.29 is 0 Å². The van der Waals surface area contributed by atoms with E-state index in [-0.39, 0.29) is 0 Å². The molecule has 1 aromatic carbocycles. The van der Waals surface area contributed by atoms with Crippen LogP contribution in [0.15, 0.2) is 24.3 Å². The van der Waals surface area contributed by atoms with Gasteiger partial charge in [0.1, 0.15) is 0 Å². The van der Waals surface area contributed by atoms with Crippen LogP contribution in [0.3, 0.4) is 0 Å². The Hall–Kier alpha value is 0.778. The maximum atomic E-state index is 2.37. The van der Waals surface area contributed by atoms with E-state index in [9.17, 15) is 0 Å². The van der Waals surface area contributed by atoms with Crippen molar-refractivity contribution >= 4 is 44.9 Å². The van der Waals surface area contributed by atoms with Crippen LogP contribution in [-0.2, 0) is 10.6 Å². The molecular formula is C14H20Se3. The van der Waals surface area contributed by atoms with Crippen molar-refractivity contribution in [1.29, 1.82) is 0 Å². The normalized spacial score (nSPS) is 19.5. The van der Waals surface area contributed by atoms with Crippen molar-refractivity contribution in [1.82, 2.24) is 0 Å². The molecular weight excluding hydrogens is 405 g/mol. The molecule has 0 radical (unpaired) electrons. The standard InChI is InChI=1S/C14H20Se3/c1-2-6-14-12-17-10-4-8-15-7-3-9-16-11-13(14)5-1/h1-2,5-6H,3-4,7-12H2. The summed E-state index contributed by atoms with van der Waals surface area (Å²) in [5.74, 6) is 0. The van der Waals surface area contributed by atoms with E-state index in [1.807, 2.05) is 0 Å². The van der Waals surface area contributed by atoms with Crippen LogP contribution in [0.4, 0.5) is 0 Å². The molecule has 1 aliphatic rings. The van der Waals surface area contributed by atoms with Gasteiger partial charge in [-0.15, -0.1) is 0 Å². The van der Waals surface area contributed by atoms with Crippen molar-refractivity contribution in [2.24, 2.45) is 0 Å². The van der Waals surface area contributed by atoms with E-state index in [2.05, 4.69) is 24.3 Å². The van der Waals surface area contributed by atoms with Gasteiger partial charge in [-0.3, -0.25) is 0 Å². The van der Waals surface area contributed by atoms with Gasteiger partial charge in [-0.25, -0.2) is 0 Å². The van der Waals surface area contributed by atoms with Gasteiger partial charge in [0.15, 0.2) is 0 Å². The Bertz CT molecular complexity index is 294. The zero-order chi connectivity index (χ0) is 11.8. The summed E-state index contributed by atoms with van der Waals surface area (Å²) in [6.07, 6.45) is 3.01. The van der Waals surface area contributed by atoms with Crippen LogP contribution >= 0.6 is 0 Å². The topological polar surface area (TPSA) is 0 Å². The first-order valence-corrected chi connectivity index (χ1v) is 13.5. The third-order valence-electron chi connectivity index (χ3n) is 2.79. The Kier molecular flexibility index (Phi) is 7.35. The third-order valence-corrected chi connectivity index (χ3v) is 9.80. The van der Waals surface area contributed by atoms with Gasteiger partial charge in [0.25, 0.3) is 0 Å². The van der Waals surface area contributed by atoms with Crippen LogP contribution in [0.1, 0.15) is 24.0 Å². The fourth-order valence-electron chi connectivity index (χ4n) is 1.83. The van der Waals surface area contributed by atoms with E-state index in [1.165, 1.54) is 34.1 Å². The zero-order valence-corrected chi connectivity index (χ0v) is 15.3. The fourth-order valence-corrected chi connectivity index (χ4v) is 9.75. The Morgan fingerprint density at radius 3 is 1.65 bits per heavy atom. The Morgan fingerprint density at radius 2 is 1.12 bits per heavy atom. The summed E-state index contributed by atoms with van der Waals surface area (Å²) in [5.41, 5.74) is 3.33. The van der Waals surface area contributed by atoms with Gasteiger partial charge in [0, 0.05) is 0 Å². The van der Waals surface area contributed by atoms with Crippen LogP contribution in [0.5, 0.6) is 0 Å². The summed E-state index contributed by atoms with van der Waals surface area (Å²) in [6.45, 7) is 0. The molecule has 0 nitrogen and oxygen atoms in total. The van der Waals surface area contributed by atoms with Crippen LogP contribution in [0, 0.1) is 0 Å². The minimum absolute atomic E-state index is 0.854. The second-order valence-corrected chi connectivity index (χ2v) is 11.4. The van der Waals surface area contributed by atoms with Gasteiger partial charge in [0.2, 0.25) is 0 Å². The van der Waals surface area contributed by atoms with Gasteiger partial charge in [-0.1, -0.05) is 0 Å². The molecule has 0 spiro atoms. The Labute approximate surface area is 124 Å². The second-order valence-electron chi connectivity index (χ2n) is 4.19. The molecule has 94 valence electrons.